The molecule has 1 aromatic carbocycles. The lowest BCUT2D eigenvalue weighted by Gasteiger charge is -2.20. The van der Waals surface area contributed by atoms with Crippen LogP contribution in [0.1, 0.15) is 31.1 Å². The van der Waals surface area contributed by atoms with E-state index in [4.69, 9.17) is 10.5 Å². The Morgan fingerprint density at radius 3 is 2.40 bits per heavy atom. The van der Waals surface area contributed by atoms with Crippen LogP contribution in [0.2, 0.25) is 0 Å². The van der Waals surface area contributed by atoms with Gasteiger partial charge in [-0.3, -0.25) is 4.79 Å². The molecule has 110 valence electrons. The van der Waals surface area contributed by atoms with E-state index in [0.29, 0.717) is 16.9 Å². The predicted octanol–water partition coefficient (Wildman–Crippen LogP) is 2.41. The number of ether oxygens (including phenoxy) is 1. The summed E-state index contributed by atoms with van der Waals surface area (Å²) in [7, 11) is 0. The number of nitrogens with one attached hydrogen (secondary N) is 1. The Balaban J connectivity index is 2.69. The Morgan fingerprint density at radius 2 is 1.95 bits per heavy atom. The predicted molar refractivity (Wildman–Crippen MR) is 77.4 cm³/mol. The Bertz CT molecular complexity index is 470. The van der Waals surface area contributed by atoms with Gasteiger partial charge in [0.1, 0.15) is 12.4 Å². The highest BCUT2D eigenvalue weighted by Gasteiger charge is 2.14. The van der Waals surface area contributed by atoms with E-state index in [-0.39, 0.29) is 18.0 Å². The zero-order valence-electron chi connectivity index (χ0n) is 12.1. The number of nitrogens with two attached hydrogens (primary N) is 1. The molecule has 0 bridgehead atoms. The number of hydrogen-bond acceptors (Lipinski definition) is 3. The lowest BCUT2D eigenvalue weighted by atomic mass is 10.1. The molecule has 1 rings (SSSR count). The minimum atomic E-state index is -0.636. The van der Waals surface area contributed by atoms with Gasteiger partial charge in [-0.1, -0.05) is 0 Å². The number of rotatable bonds is 5. The average Bonchev–Trinajstić information content (AvgIpc) is 2.38. The summed E-state index contributed by atoms with van der Waals surface area (Å²) in [4.78, 5) is 11.9. The van der Waals surface area contributed by atoms with Crippen molar-refractivity contribution in [2.75, 3.05) is 13.2 Å². The molecule has 0 aliphatic carbocycles. The molecule has 0 aromatic heterocycles. The van der Waals surface area contributed by atoms with Crippen molar-refractivity contribution < 1.29 is 13.9 Å². The first-order valence-corrected chi connectivity index (χ1v) is 6.39. The van der Waals surface area contributed by atoms with Gasteiger partial charge in [0.2, 0.25) is 0 Å². The van der Waals surface area contributed by atoms with Crippen LogP contribution < -0.4 is 15.8 Å². The lowest BCUT2D eigenvalue weighted by Crippen LogP contribution is -2.40. The standard InChI is InChI=1S/C15H21FN2O2/c1-15(2,3)18-14(19)12-4-6-13(7-5-12)20-10-11(8-16)9-17/h4-7,10H,8-9,17H2,1-3H3,(H,18,19)/b11-10-. The second-order valence-corrected chi connectivity index (χ2v) is 5.46. The van der Waals surface area contributed by atoms with Gasteiger partial charge in [-0.05, 0) is 45.0 Å². The summed E-state index contributed by atoms with van der Waals surface area (Å²) >= 11 is 0. The third-order valence-corrected chi connectivity index (χ3v) is 2.40. The Labute approximate surface area is 118 Å². The Hall–Kier alpha value is -1.88. The van der Waals surface area contributed by atoms with Crippen molar-refractivity contribution >= 4 is 5.91 Å². The molecule has 5 heteroatoms. The first-order chi connectivity index (χ1) is 9.35. The summed E-state index contributed by atoms with van der Waals surface area (Å²) in [6.07, 6.45) is 1.30. The van der Waals surface area contributed by atoms with Gasteiger partial charge in [-0.15, -0.1) is 0 Å². The molecule has 0 atom stereocenters. The number of hydrogen-bond donors (Lipinski definition) is 2. The van der Waals surface area contributed by atoms with Gasteiger partial charge in [-0.2, -0.15) is 0 Å². The second kappa shape index (κ2) is 7.05. The van der Waals surface area contributed by atoms with Crippen molar-refractivity contribution in [1.82, 2.24) is 5.32 Å². The number of carbonyl (C=O) groups is 1. The third-order valence-electron chi connectivity index (χ3n) is 2.40. The maximum atomic E-state index is 12.4. The van der Waals surface area contributed by atoms with Gasteiger partial charge in [0, 0.05) is 23.2 Å². The van der Waals surface area contributed by atoms with E-state index in [0.717, 1.165) is 0 Å². The van der Waals surface area contributed by atoms with E-state index in [1.165, 1.54) is 6.26 Å². The van der Waals surface area contributed by atoms with E-state index >= 15 is 0 Å². The largest absolute Gasteiger partial charge is 0.465 e. The highest BCUT2D eigenvalue weighted by molar-refractivity contribution is 5.94. The SMILES string of the molecule is CC(C)(C)NC(=O)c1ccc(O/C=C(\CN)CF)cc1. The molecule has 3 N–H and O–H groups in total. The van der Waals surface area contributed by atoms with Crippen LogP contribution in [-0.4, -0.2) is 24.7 Å². The van der Waals surface area contributed by atoms with Gasteiger partial charge in [-0.25, -0.2) is 4.39 Å². The third kappa shape index (κ3) is 5.40. The minimum Gasteiger partial charge on any atom is -0.465 e. The molecular weight excluding hydrogens is 259 g/mol. The number of halogens is 1. The van der Waals surface area contributed by atoms with Crippen LogP contribution in [0.3, 0.4) is 0 Å². The summed E-state index contributed by atoms with van der Waals surface area (Å²) < 4.78 is 17.7. The normalized spacial score (nSPS) is 12.2. The first kappa shape index (κ1) is 16.2. The molecule has 4 nitrogen and oxygen atoms in total. The zero-order chi connectivity index (χ0) is 15.2. The van der Waals surface area contributed by atoms with E-state index in [1.807, 2.05) is 20.8 Å². The van der Waals surface area contributed by atoms with Gasteiger partial charge in [0.25, 0.3) is 5.91 Å². The molecule has 0 saturated heterocycles. The first-order valence-electron chi connectivity index (χ1n) is 6.39. The molecule has 0 unspecified atom stereocenters. The summed E-state index contributed by atoms with van der Waals surface area (Å²) in [5.74, 6) is 0.378. The van der Waals surface area contributed by atoms with E-state index in [2.05, 4.69) is 5.32 Å². The van der Waals surface area contributed by atoms with E-state index < -0.39 is 6.67 Å². The molecule has 1 amide bonds. The average molecular weight is 280 g/mol. The van der Waals surface area contributed by atoms with Crippen LogP contribution in [0.4, 0.5) is 4.39 Å². The number of amides is 1. The molecule has 0 heterocycles. The molecule has 0 spiro atoms. The van der Waals surface area contributed by atoms with Crippen LogP contribution in [0.15, 0.2) is 36.1 Å². The zero-order valence-corrected chi connectivity index (χ0v) is 12.1. The molecule has 0 radical (unpaired) electrons. The lowest BCUT2D eigenvalue weighted by molar-refractivity contribution is 0.0919. The maximum Gasteiger partial charge on any atom is 0.251 e. The monoisotopic (exact) mass is 280 g/mol. The fraction of sp³-hybridized carbons (Fsp3) is 0.400. The molecule has 20 heavy (non-hydrogen) atoms. The topological polar surface area (TPSA) is 64.3 Å². The molecule has 0 aliphatic rings. The highest BCUT2D eigenvalue weighted by atomic mass is 19.1. The number of benzene rings is 1. The van der Waals surface area contributed by atoms with E-state index in [9.17, 15) is 9.18 Å². The van der Waals surface area contributed by atoms with Crippen LogP contribution in [0, 0.1) is 0 Å². The maximum absolute atomic E-state index is 12.4. The molecule has 0 fully saturated rings. The fourth-order valence-corrected chi connectivity index (χ4v) is 1.38. The number of alkyl halides is 1. The van der Waals surface area contributed by atoms with Crippen molar-refractivity contribution in [2.45, 2.75) is 26.3 Å². The van der Waals surface area contributed by atoms with Crippen LogP contribution in [-0.2, 0) is 0 Å². The summed E-state index contributed by atoms with van der Waals surface area (Å²) in [5, 5.41) is 2.87. The quantitative estimate of drug-likeness (QED) is 0.814. The summed E-state index contributed by atoms with van der Waals surface area (Å²) in [5.41, 5.74) is 5.96. The summed E-state index contributed by atoms with van der Waals surface area (Å²) in [6.45, 7) is 5.22. The van der Waals surface area contributed by atoms with Gasteiger partial charge in [0.05, 0.1) is 6.26 Å². The van der Waals surface area contributed by atoms with Crippen molar-refractivity contribution in [3.05, 3.63) is 41.7 Å². The number of carbonyl (C=O) groups excluding carboxylic acids is 1. The molecule has 1 aromatic rings. The molecule has 0 saturated carbocycles. The van der Waals surface area contributed by atoms with Crippen LogP contribution in [0.25, 0.3) is 0 Å². The van der Waals surface area contributed by atoms with Crippen LogP contribution >= 0.6 is 0 Å². The van der Waals surface area contributed by atoms with Crippen molar-refractivity contribution in [3.63, 3.8) is 0 Å². The fourth-order valence-electron chi connectivity index (χ4n) is 1.38. The second-order valence-electron chi connectivity index (χ2n) is 5.46. The van der Waals surface area contributed by atoms with E-state index in [1.54, 1.807) is 24.3 Å². The van der Waals surface area contributed by atoms with Crippen molar-refractivity contribution in [3.8, 4) is 5.75 Å². The molecular formula is C15H21FN2O2. The smallest absolute Gasteiger partial charge is 0.251 e. The molecule has 0 aliphatic heterocycles. The van der Waals surface area contributed by atoms with Crippen molar-refractivity contribution in [2.24, 2.45) is 5.73 Å². The Kier molecular flexibility index (Phi) is 5.70. The van der Waals surface area contributed by atoms with Crippen LogP contribution in [0.5, 0.6) is 5.75 Å². The van der Waals surface area contributed by atoms with Gasteiger partial charge < -0.3 is 15.8 Å². The Morgan fingerprint density at radius 1 is 1.35 bits per heavy atom. The highest BCUT2D eigenvalue weighted by Crippen LogP contribution is 2.14. The van der Waals surface area contributed by atoms with Gasteiger partial charge >= 0.3 is 0 Å². The van der Waals surface area contributed by atoms with Gasteiger partial charge in [0.15, 0.2) is 0 Å². The minimum absolute atomic E-state index is 0.114. The summed E-state index contributed by atoms with van der Waals surface area (Å²) in [6, 6.07) is 6.62. The van der Waals surface area contributed by atoms with Crippen molar-refractivity contribution in [1.29, 1.82) is 0 Å².